The van der Waals surface area contributed by atoms with E-state index in [9.17, 15) is 32.4 Å². The Bertz CT molecular complexity index is 1790. The zero-order chi connectivity index (χ0) is 38.5. The zero-order valence-electron chi connectivity index (χ0n) is 31.4. The Hall–Kier alpha value is -4.14. The van der Waals surface area contributed by atoms with E-state index in [1.807, 2.05) is 26.0 Å². The molecule has 1 unspecified atom stereocenters. The van der Waals surface area contributed by atoms with Crippen molar-refractivity contribution in [1.82, 2.24) is 25.2 Å². The lowest BCUT2D eigenvalue weighted by molar-refractivity contribution is -0.143. The molecule has 2 aliphatic carbocycles. The Labute approximate surface area is 311 Å². The Morgan fingerprint density at radius 3 is 2.45 bits per heavy atom. The lowest BCUT2D eigenvalue weighted by Crippen LogP contribution is -2.60. The number of hydrogen-bond donors (Lipinski definition) is 3. The van der Waals surface area contributed by atoms with E-state index >= 15 is 0 Å². The Kier molecular flexibility index (Phi) is 10.4. The van der Waals surface area contributed by atoms with Crippen LogP contribution < -0.4 is 15.4 Å². The van der Waals surface area contributed by atoms with E-state index in [4.69, 9.17) is 9.47 Å². The third-order valence-electron chi connectivity index (χ3n) is 11.2. The number of cyclic esters (lactones) is 1. The topological polar surface area (TPSA) is 181 Å². The molecule has 5 amide bonds. The van der Waals surface area contributed by atoms with Crippen molar-refractivity contribution in [3.8, 4) is 0 Å². The van der Waals surface area contributed by atoms with Crippen LogP contribution in [0.1, 0.15) is 96.3 Å². The van der Waals surface area contributed by atoms with E-state index < -0.39 is 80.2 Å². The maximum Gasteiger partial charge on any atom is 0.410 e. The molecular formula is C38H53N5O9S. The normalized spacial score (nSPS) is 29.3. The van der Waals surface area contributed by atoms with Crippen LogP contribution in [0, 0.1) is 16.7 Å². The zero-order valence-corrected chi connectivity index (χ0v) is 32.2. The van der Waals surface area contributed by atoms with Crippen molar-refractivity contribution in [3.63, 3.8) is 0 Å². The second kappa shape index (κ2) is 14.3. The van der Waals surface area contributed by atoms with Crippen molar-refractivity contribution in [2.75, 3.05) is 13.2 Å². The first-order chi connectivity index (χ1) is 24.8. The van der Waals surface area contributed by atoms with Gasteiger partial charge in [-0.3, -0.25) is 24.0 Å². The number of alkyl carbamates (subject to hydrolysis) is 1. The number of aryl methyl sites for hydroxylation is 1. The number of benzene rings is 1. The summed E-state index contributed by atoms with van der Waals surface area (Å²) in [6, 6.07) is 3.73. The summed E-state index contributed by atoms with van der Waals surface area (Å²) in [5.41, 5.74) is 0.580. The highest BCUT2D eigenvalue weighted by atomic mass is 32.2. The molecule has 6 rings (SSSR count). The van der Waals surface area contributed by atoms with Gasteiger partial charge in [0.15, 0.2) is 0 Å². The highest BCUT2D eigenvalue weighted by Gasteiger charge is 2.62. The molecule has 15 heteroatoms. The monoisotopic (exact) mass is 755 g/mol. The van der Waals surface area contributed by atoms with Crippen molar-refractivity contribution in [3.05, 3.63) is 47.5 Å². The summed E-state index contributed by atoms with van der Waals surface area (Å²) >= 11 is 0. The van der Waals surface area contributed by atoms with Gasteiger partial charge >= 0.3 is 12.2 Å². The highest BCUT2D eigenvalue weighted by Crippen LogP contribution is 2.45. The maximum absolute atomic E-state index is 14.5. The van der Waals surface area contributed by atoms with Crippen molar-refractivity contribution < 1.29 is 41.9 Å². The third-order valence-corrected chi connectivity index (χ3v) is 13.0. The standard InChI is InChI=1S/C38H53N5O9S/c1-7-25-18-38(25,33(46)41-53(49,50)27-14-15-27)40-31(44)29-17-26-20-43(29)32(45)30(36(2,3)4)39-34(47)51-22-37(5,6)16-9-8-11-23-12-10-13-24-19-42(21-28(23)24)35(48)52-26/h7,10,12-13,25-27,29-30H,1,8-9,11,14-22H2,2-6H3,(H,39,47)(H,40,44)(H,41,46)/t25-,26-,29?,30-,38-/m1/s1. The van der Waals surface area contributed by atoms with Gasteiger partial charge in [0.1, 0.15) is 23.7 Å². The van der Waals surface area contributed by atoms with Crippen LogP contribution in [0.15, 0.2) is 30.9 Å². The van der Waals surface area contributed by atoms with Gasteiger partial charge in [0.05, 0.1) is 18.4 Å². The number of ether oxygens (including phenoxy) is 2. The molecule has 14 nitrogen and oxygen atoms in total. The molecule has 3 N–H and O–H groups in total. The van der Waals surface area contributed by atoms with Crippen LogP contribution in [0.2, 0.25) is 0 Å². The first-order valence-electron chi connectivity index (χ1n) is 18.6. The average Bonchev–Trinajstić information content (AvgIpc) is 3.97. The van der Waals surface area contributed by atoms with Gasteiger partial charge in [0.2, 0.25) is 21.8 Å². The van der Waals surface area contributed by atoms with Crippen molar-refractivity contribution in [1.29, 1.82) is 0 Å². The van der Waals surface area contributed by atoms with E-state index in [0.29, 0.717) is 25.9 Å². The lowest BCUT2D eigenvalue weighted by atomic mass is 9.85. The van der Waals surface area contributed by atoms with Gasteiger partial charge in [0, 0.05) is 25.4 Å². The molecule has 2 saturated carbocycles. The minimum atomic E-state index is -3.91. The second-order valence-corrected chi connectivity index (χ2v) is 19.2. The Morgan fingerprint density at radius 2 is 1.79 bits per heavy atom. The van der Waals surface area contributed by atoms with E-state index in [1.54, 1.807) is 25.7 Å². The minimum Gasteiger partial charge on any atom is -0.449 e. The van der Waals surface area contributed by atoms with Gasteiger partial charge < -0.3 is 25.0 Å². The van der Waals surface area contributed by atoms with Crippen LogP contribution in [0.5, 0.6) is 0 Å². The molecule has 1 saturated heterocycles. The summed E-state index contributed by atoms with van der Waals surface area (Å²) in [6.45, 7) is 13.9. The van der Waals surface area contributed by atoms with E-state index in [1.165, 1.54) is 16.5 Å². The molecule has 1 aromatic carbocycles. The van der Waals surface area contributed by atoms with Crippen LogP contribution >= 0.6 is 0 Å². The summed E-state index contributed by atoms with van der Waals surface area (Å²) in [7, 11) is -3.91. The Balaban J connectivity index is 1.28. The molecule has 0 spiro atoms. The molecule has 53 heavy (non-hydrogen) atoms. The number of sulfonamides is 1. The third kappa shape index (κ3) is 8.34. The first-order valence-corrected chi connectivity index (χ1v) is 20.2. The largest absolute Gasteiger partial charge is 0.449 e. The second-order valence-electron chi connectivity index (χ2n) is 17.2. The summed E-state index contributed by atoms with van der Waals surface area (Å²) < 4.78 is 39.1. The maximum atomic E-state index is 14.5. The summed E-state index contributed by atoms with van der Waals surface area (Å²) in [5, 5.41) is 4.84. The van der Waals surface area contributed by atoms with Crippen LogP contribution in [0.25, 0.3) is 0 Å². The number of nitrogens with one attached hydrogen (secondary N) is 3. The molecule has 3 fully saturated rings. The summed E-state index contributed by atoms with van der Waals surface area (Å²) in [4.78, 5) is 71.9. The highest BCUT2D eigenvalue weighted by molar-refractivity contribution is 7.91. The molecule has 0 radical (unpaired) electrons. The number of rotatable bonds is 6. The molecule has 3 aliphatic heterocycles. The van der Waals surface area contributed by atoms with Crippen molar-refractivity contribution in [2.45, 2.75) is 128 Å². The quantitative estimate of drug-likeness (QED) is 0.365. The predicted octanol–water partition coefficient (Wildman–Crippen LogP) is 3.67. The minimum absolute atomic E-state index is 0.0817. The fraction of sp³-hybridized carbons (Fsp3) is 0.658. The fourth-order valence-corrected chi connectivity index (χ4v) is 9.06. The average molecular weight is 756 g/mol. The summed E-state index contributed by atoms with van der Waals surface area (Å²) in [6.07, 6.45) is 3.66. The number of nitrogens with zero attached hydrogens (tertiary/aromatic N) is 2. The number of carbonyl (C=O) groups excluding carboxylic acids is 5. The van der Waals surface area contributed by atoms with Crippen LogP contribution in [0.4, 0.5) is 9.59 Å². The number of amides is 5. The molecule has 0 aromatic heterocycles. The molecule has 5 aliphatic rings. The fourth-order valence-electron chi connectivity index (χ4n) is 7.69. The molecule has 290 valence electrons. The first kappa shape index (κ1) is 38.6. The van der Waals surface area contributed by atoms with Gasteiger partial charge in [0.25, 0.3) is 5.91 Å². The van der Waals surface area contributed by atoms with Gasteiger partial charge in [-0.05, 0) is 66.0 Å². The van der Waals surface area contributed by atoms with E-state index in [2.05, 4.69) is 28.0 Å². The molecule has 4 bridgehead atoms. The van der Waals surface area contributed by atoms with Crippen molar-refractivity contribution >= 4 is 39.9 Å². The molecule has 1 aromatic rings. The molecule has 5 atom stereocenters. The van der Waals surface area contributed by atoms with Crippen LogP contribution in [0.3, 0.4) is 0 Å². The number of hydrogen-bond acceptors (Lipinski definition) is 9. The SMILES string of the molecule is C=C[C@@H]1C[C@]1(NC(=O)C1C[C@@H]2CN1C(=O)[C@H](C(C)(C)C)NC(=O)OCC(C)(C)CCCCc1cccc3c1CN(C3)C(=O)O2)C(=O)NS(=O)(=O)C1CC1. The molecular weight excluding hydrogens is 703 g/mol. The summed E-state index contributed by atoms with van der Waals surface area (Å²) in [5.74, 6) is -2.71. The molecule has 3 heterocycles. The predicted molar refractivity (Wildman–Crippen MR) is 194 cm³/mol. The van der Waals surface area contributed by atoms with Crippen LogP contribution in [-0.2, 0) is 53.4 Å². The number of carbonyl (C=O) groups is 5. The van der Waals surface area contributed by atoms with E-state index in [0.717, 1.165) is 36.8 Å². The van der Waals surface area contributed by atoms with Gasteiger partial charge in [-0.1, -0.05) is 65.3 Å². The smallest absolute Gasteiger partial charge is 0.410 e. The van der Waals surface area contributed by atoms with Gasteiger partial charge in [-0.25, -0.2) is 18.0 Å². The van der Waals surface area contributed by atoms with Crippen LogP contribution in [-0.4, -0.2) is 90.3 Å². The lowest BCUT2D eigenvalue weighted by Gasteiger charge is -2.35. The van der Waals surface area contributed by atoms with E-state index in [-0.39, 0.29) is 31.4 Å². The van der Waals surface area contributed by atoms with Gasteiger partial charge in [-0.2, -0.15) is 0 Å². The number of fused-ring (bicyclic) bond motifs is 3. The van der Waals surface area contributed by atoms with Gasteiger partial charge in [-0.15, -0.1) is 6.58 Å². The Morgan fingerprint density at radius 1 is 1.08 bits per heavy atom. The van der Waals surface area contributed by atoms with Crippen molar-refractivity contribution in [2.24, 2.45) is 16.7 Å².